The molecule has 0 atom stereocenters. The third kappa shape index (κ3) is 1.46. The molecule has 0 bridgehead atoms. The number of hydrogen-bond acceptors (Lipinski definition) is 1. The van der Waals surface area contributed by atoms with E-state index in [-0.39, 0.29) is 17.1 Å². The van der Waals surface area contributed by atoms with E-state index in [1.165, 1.54) is 12.1 Å². The highest BCUT2D eigenvalue weighted by atomic mass is 16.3. The SMILES string of the molecule is C=CC(=O)c1ccccc1[O]. The van der Waals surface area contributed by atoms with Crippen LogP contribution in [0.5, 0.6) is 5.75 Å². The lowest BCUT2D eigenvalue weighted by Crippen LogP contribution is -1.92. The lowest BCUT2D eigenvalue weighted by Gasteiger charge is -1.94. The first-order valence-electron chi connectivity index (χ1n) is 3.18. The van der Waals surface area contributed by atoms with E-state index < -0.39 is 0 Å². The van der Waals surface area contributed by atoms with E-state index in [1.54, 1.807) is 12.1 Å². The fourth-order valence-corrected chi connectivity index (χ4v) is 0.780. The molecule has 1 radical (unpaired) electrons. The Balaban J connectivity index is 3.13. The third-order valence-electron chi connectivity index (χ3n) is 1.34. The molecule has 11 heavy (non-hydrogen) atoms. The van der Waals surface area contributed by atoms with Crippen molar-refractivity contribution in [3.05, 3.63) is 42.5 Å². The van der Waals surface area contributed by atoms with Crippen LogP contribution in [0, 0.1) is 0 Å². The second-order valence-electron chi connectivity index (χ2n) is 2.06. The van der Waals surface area contributed by atoms with Gasteiger partial charge in [-0.15, -0.1) is 0 Å². The molecule has 0 aliphatic carbocycles. The Morgan fingerprint density at radius 3 is 2.55 bits per heavy atom. The Hall–Kier alpha value is -1.57. The molecule has 0 N–H and O–H groups in total. The van der Waals surface area contributed by atoms with Crippen molar-refractivity contribution >= 4 is 5.78 Å². The van der Waals surface area contributed by atoms with Gasteiger partial charge in [0.2, 0.25) is 0 Å². The molecule has 2 heteroatoms. The lowest BCUT2D eigenvalue weighted by molar-refractivity contribution is 0.104. The molecule has 2 nitrogen and oxygen atoms in total. The molecule has 1 rings (SSSR count). The van der Waals surface area contributed by atoms with Crippen molar-refractivity contribution in [2.24, 2.45) is 0 Å². The summed E-state index contributed by atoms with van der Waals surface area (Å²) in [5, 5.41) is 11.0. The van der Waals surface area contributed by atoms with Gasteiger partial charge in [-0.1, -0.05) is 18.7 Å². The van der Waals surface area contributed by atoms with Crippen molar-refractivity contribution < 1.29 is 9.90 Å². The average molecular weight is 147 g/mol. The van der Waals surface area contributed by atoms with Crippen molar-refractivity contribution in [3.8, 4) is 5.75 Å². The first-order valence-corrected chi connectivity index (χ1v) is 3.18. The monoisotopic (exact) mass is 147 g/mol. The molecule has 0 aromatic heterocycles. The van der Waals surface area contributed by atoms with Gasteiger partial charge >= 0.3 is 0 Å². The van der Waals surface area contributed by atoms with Crippen LogP contribution >= 0.6 is 0 Å². The molecule has 1 aromatic rings. The lowest BCUT2D eigenvalue weighted by atomic mass is 10.1. The average Bonchev–Trinajstić information content (AvgIpc) is 2.04. The maximum atomic E-state index is 11.0. The van der Waals surface area contributed by atoms with E-state index in [0.717, 1.165) is 6.08 Å². The molecule has 1 aromatic carbocycles. The zero-order valence-corrected chi connectivity index (χ0v) is 5.91. The first kappa shape index (κ1) is 7.54. The van der Waals surface area contributed by atoms with E-state index in [1.807, 2.05) is 0 Å². The number of rotatable bonds is 2. The second-order valence-corrected chi connectivity index (χ2v) is 2.06. The zero-order chi connectivity index (χ0) is 8.27. The molecule has 0 saturated heterocycles. The number of carbonyl (C=O) groups is 1. The summed E-state index contributed by atoms with van der Waals surface area (Å²) in [4.78, 5) is 10.9. The fraction of sp³-hybridized carbons (Fsp3) is 0. The van der Waals surface area contributed by atoms with Crippen LogP contribution in [0.2, 0.25) is 0 Å². The molecule has 0 unspecified atom stereocenters. The summed E-state index contributed by atoms with van der Waals surface area (Å²) < 4.78 is 0. The molecular formula is C9H7O2. The Labute approximate surface area is 64.8 Å². The van der Waals surface area contributed by atoms with E-state index >= 15 is 0 Å². The van der Waals surface area contributed by atoms with Crippen molar-refractivity contribution in [1.82, 2.24) is 0 Å². The largest absolute Gasteiger partial charge is 0.289 e. The van der Waals surface area contributed by atoms with Crippen molar-refractivity contribution in [2.75, 3.05) is 0 Å². The van der Waals surface area contributed by atoms with E-state index in [0.29, 0.717) is 0 Å². The van der Waals surface area contributed by atoms with Gasteiger partial charge in [0.25, 0.3) is 0 Å². The van der Waals surface area contributed by atoms with Gasteiger partial charge in [0.15, 0.2) is 11.5 Å². The summed E-state index contributed by atoms with van der Waals surface area (Å²) in [6, 6.07) is 6.10. The molecule has 0 saturated carbocycles. The Bertz CT molecular complexity index is 289. The van der Waals surface area contributed by atoms with Crippen LogP contribution in [0.15, 0.2) is 36.9 Å². The highest BCUT2D eigenvalue weighted by molar-refractivity contribution is 6.05. The predicted octanol–water partition coefficient (Wildman–Crippen LogP) is 2.20. The fourth-order valence-electron chi connectivity index (χ4n) is 0.780. The van der Waals surface area contributed by atoms with Gasteiger partial charge in [-0.3, -0.25) is 9.90 Å². The van der Waals surface area contributed by atoms with Crippen molar-refractivity contribution in [3.63, 3.8) is 0 Å². The predicted molar refractivity (Wildman–Crippen MR) is 41.1 cm³/mol. The minimum absolute atomic E-state index is 0.183. The van der Waals surface area contributed by atoms with Gasteiger partial charge in [0.1, 0.15) is 0 Å². The molecule has 0 amide bonds. The summed E-state index contributed by atoms with van der Waals surface area (Å²) in [6.07, 6.45) is 1.14. The van der Waals surface area contributed by atoms with E-state index in [2.05, 4.69) is 6.58 Å². The Kier molecular flexibility index (Phi) is 2.06. The van der Waals surface area contributed by atoms with Crippen molar-refractivity contribution in [2.45, 2.75) is 0 Å². The Morgan fingerprint density at radius 1 is 1.36 bits per heavy atom. The highest BCUT2D eigenvalue weighted by Gasteiger charge is 2.06. The van der Waals surface area contributed by atoms with Crippen LogP contribution < -0.4 is 0 Å². The van der Waals surface area contributed by atoms with Gasteiger partial charge in [-0.2, -0.15) is 0 Å². The van der Waals surface area contributed by atoms with Gasteiger partial charge in [-0.25, -0.2) is 0 Å². The van der Waals surface area contributed by atoms with Gasteiger partial charge in [0.05, 0.1) is 5.56 Å². The number of carbonyl (C=O) groups excluding carboxylic acids is 1. The molecule has 0 heterocycles. The minimum atomic E-state index is -0.324. The van der Waals surface area contributed by atoms with Crippen LogP contribution in [-0.4, -0.2) is 5.78 Å². The smallest absolute Gasteiger partial charge is 0.189 e. The number of allylic oxidation sites excluding steroid dienone is 1. The number of hydrogen-bond donors (Lipinski definition) is 0. The van der Waals surface area contributed by atoms with Gasteiger partial charge in [-0.05, 0) is 18.2 Å². The number of para-hydroxylation sites is 1. The van der Waals surface area contributed by atoms with Crippen LogP contribution in [0.1, 0.15) is 10.4 Å². The summed E-state index contributed by atoms with van der Waals surface area (Å²) in [5.74, 6) is -0.576. The second kappa shape index (κ2) is 3.01. The molecular weight excluding hydrogens is 140 g/mol. The standard InChI is InChI=1S/C9H7O2/c1-2-8(10)7-5-3-4-6-9(7)11/h2-6H,1H2. The normalized spacial score (nSPS) is 9.09. The summed E-state index contributed by atoms with van der Waals surface area (Å²) in [7, 11) is 0. The summed E-state index contributed by atoms with van der Waals surface area (Å²) in [6.45, 7) is 3.29. The molecule has 0 aliphatic rings. The first-order chi connectivity index (χ1) is 5.25. The zero-order valence-electron chi connectivity index (χ0n) is 5.91. The maximum Gasteiger partial charge on any atom is 0.189 e. The summed E-state index contributed by atoms with van der Waals surface area (Å²) >= 11 is 0. The molecule has 55 valence electrons. The summed E-state index contributed by atoms with van der Waals surface area (Å²) in [5.41, 5.74) is 0.183. The quantitative estimate of drug-likeness (QED) is 0.466. The van der Waals surface area contributed by atoms with Crippen LogP contribution in [-0.2, 0) is 5.11 Å². The molecule has 0 aliphatic heterocycles. The van der Waals surface area contributed by atoms with Gasteiger partial charge < -0.3 is 0 Å². The highest BCUT2D eigenvalue weighted by Crippen LogP contribution is 2.16. The van der Waals surface area contributed by atoms with E-state index in [4.69, 9.17) is 0 Å². The van der Waals surface area contributed by atoms with Crippen LogP contribution in [0.3, 0.4) is 0 Å². The number of ketones is 1. The molecule has 0 fully saturated rings. The maximum absolute atomic E-state index is 11.0. The van der Waals surface area contributed by atoms with E-state index in [9.17, 15) is 9.90 Å². The van der Waals surface area contributed by atoms with Crippen LogP contribution in [0.25, 0.3) is 0 Å². The van der Waals surface area contributed by atoms with Crippen molar-refractivity contribution in [1.29, 1.82) is 0 Å². The topological polar surface area (TPSA) is 37.0 Å². The minimum Gasteiger partial charge on any atom is -0.289 e. The number of benzene rings is 1. The van der Waals surface area contributed by atoms with Gasteiger partial charge in [0, 0.05) is 0 Å². The Morgan fingerprint density at radius 2 is 2.00 bits per heavy atom. The molecule has 0 spiro atoms. The third-order valence-corrected chi connectivity index (χ3v) is 1.34. The van der Waals surface area contributed by atoms with Crippen LogP contribution in [0.4, 0.5) is 0 Å².